The molecule has 2 atom stereocenters. The van der Waals surface area contributed by atoms with Crippen LogP contribution < -0.4 is 5.32 Å². The van der Waals surface area contributed by atoms with Crippen LogP contribution in [-0.4, -0.2) is 40.7 Å². The molecule has 100 valence electrons. The third-order valence-electron chi connectivity index (χ3n) is 2.29. The highest BCUT2D eigenvalue weighted by molar-refractivity contribution is 5.79. The van der Waals surface area contributed by atoms with Crippen LogP contribution in [0, 0.1) is 5.92 Å². The van der Waals surface area contributed by atoms with Gasteiger partial charge in [0.25, 0.3) is 0 Å². The molecule has 0 radical (unpaired) electrons. The van der Waals surface area contributed by atoms with Gasteiger partial charge in [-0.15, -0.1) is 0 Å². The van der Waals surface area contributed by atoms with Crippen molar-refractivity contribution >= 4 is 11.7 Å². The molecule has 0 heterocycles. The van der Waals surface area contributed by atoms with Gasteiger partial charge in [0, 0.05) is 6.42 Å². The molecule has 0 aromatic rings. The summed E-state index contributed by atoms with van der Waals surface area (Å²) in [4.78, 5) is 22.2. The van der Waals surface area contributed by atoms with E-state index >= 15 is 0 Å². The number of ketones is 1. The Balaban J connectivity index is 4.01. The van der Waals surface area contributed by atoms with Crippen molar-refractivity contribution in [3.05, 3.63) is 0 Å². The number of Topliss-reactive ketones (excluding diaryl/α,β-unsaturated/α-hetero) is 1. The minimum absolute atomic E-state index is 0.0125. The van der Waals surface area contributed by atoms with E-state index in [1.54, 1.807) is 0 Å². The molecule has 0 spiro atoms. The normalized spacial score (nSPS) is 14.5. The molecule has 5 heteroatoms. The van der Waals surface area contributed by atoms with E-state index in [1.807, 2.05) is 13.8 Å². The number of aliphatic hydroxyl groups excluding tert-OH is 2. The summed E-state index contributed by atoms with van der Waals surface area (Å²) >= 11 is 0. The van der Waals surface area contributed by atoms with E-state index in [2.05, 4.69) is 5.32 Å². The minimum atomic E-state index is -0.939. The maximum Gasteiger partial charge on any atom is 0.222 e. The predicted molar refractivity (Wildman–Crippen MR) is 64.4 cm³/mol. The fourth-order valence-corrected chi connectivity index (χ4v) is 1.65. The fraction of sp³-hybridized carbons (Fsp3) is 0.833. The number of hydrogen-bond donors (Lipinski definition) is 3. The maximum atomic E-state index is 11.5. The summed E-state index contributed by atoms with van der Waals surface area (Å²) in [5.74, 6) is -0.112. The zero-order chi connectivity index (χ0) is 13.4. The molecule has 0 fully saturated rings. The Hall–Kier alpha value is -0.940. The minimum Gasteiger partial charge on any atom is -0.394 e. The summed E-state index contributed by atoms with van der Waals surface area (Å²) in [6.45, 7) is 5.25. The molecule has 0 aliphatic heterocycles. The molecule has 0 aliphatic carbocycles. The lowest BCUT2D eigenvalue weighted by Crippen LogP contribution is -2.39. The van der Waals surface area contributed by atoms with Gasteiger partial charge < -0.3 is 15.5 Å². The highest BCUT2D eigenvalue weighted by atomic mass is 16.3. The van der Waals surface area contributed by atoms with Gasteiger partial charge in [-0.3, -0.25) is 9.59 Å². The second-order valence-electron chi connectivity index (χ2n) is 4.84. The van der Waals surface area contributed by atoms with E-state index in [0.717, 1.165) is 0 Å². The molecule has 0 aromatic carbocycles. The van der Waals surface area contributed by atoms with E-state index in [9.17, 15) is 14.7 Å². The maximum absolute atomic E-state index is 11.5. The first-order valence-corrected chi connectivity index (χ1v) is 5.92. The summed E-state index contributed by atoms with van der Waals surface area (Å²) in [5, 5.41) is 21.1. The van der Waals surface area contributed by atoms with Crippen LogP contribution in [0.2, 0.25) is 0 Å². The third-order valence-corrected chi connectivity index (χ3v) is 2.29. The lowest BCUT2D eigenvalue weighted by molar-refractivity contribution is -0.125. The van der Waals surface area contributed by atoms with Crippen molar-refractivity contribution in [1.29, 1.82) is 0 Å². The lowest BCUT2D eigenvalue weighted by Gasteiger charge is -2.19. The first-order chi connectivity index (χ1) is 7.85. The van der Waals surface area contributed by atoms with Gasteiger partial charge in [0.05, 0.1) is 25.2 Å². The molecule has 0 saturated heterocycles. The number of carbonyl (C=O) groups is 2. The predicted octanol–water partition coefficient (Wildman–Crippen LogP) is 0.240. The van der Waals surface area contributed by atoms with Crippen LogP contribution in [0.15, 0.2) is 0 Å². The highest BCUT2D eigenvalue weighted by Crippen LogP contribution is 2.05. The number of carbonyl (C=O) groups excluding carboxylic acids is 2. The van der Waals surface area contributed by atoms with Gasteiger partial charge >= 0.3 is 0 Å². The number of rotatable bonds is 8. The van der Waals surface area contributed by atoms with E-state index in [1.165, 1.54) is 6.92 Å². The van der Waals surface area contributed by atoms with Crippen LogP contribution in [0.5, 0.6) is 0 Å². The Kier molecular flexibility index (Phi) is 7.74. The Morgan fingerprint density at radius 2 is 1.82 bits per heavy atom. The molecule has 2 unspecified atom stereocenters. The van der Waals surface area contributed by atoms with Crippen LogP contribution in [0.25, 0.3) is 0 Å². The second-order valence-corrected chi connectivity index (χ2v) is 4.84. The highest BCUT2D eigenvalue weighted by Gasteiger charge is 2.16. The topological polar surface area (TPSA) is 86.6 Å². The molecular formula is C12H23NO4. The summed E-state index contributed by atoms with van der Waals surface area (Å²) in [6, 6.07) is -0.285. The van der Waals surface area contributed by atoms with E-state index in [0.29, 0.717) is 12.3 Å². The van der Waals surface area contributed by atoms with Crippen molar-refractivity contribution in [2.24, 2.45) is 5.92 Å². The van der Waals surface area contributed by atoms with Gasteiger partial charge in [-0.25, -0.2) is 0 Å². The molecule has 0 rings (SSSR count). The molecule has 17 heavy (non-hydrogen) atoms. The van der Waals surface area contributed by atoms with Crippen molar-refractivity contribution in [2.45, 2.75) is 52.2 Å². The molecule has 0 bridgehead atoms. The molecule has 3 N–H and O–H groups in total. The van der Waals surface area contributed by atoms with Crippen molar-refractivity contribution < 1.29 is 19.8 Å². The van der Waals surface area contributed by atoms with Crippen molar-refractivity contribution in [3.63, 3.8) is 0 Å². The average molecular weight is 245 g/mol. The molecule has 5 nitrogen and oxygen atoms in total. The van der Waals surface area contributed by atoms with Crippen molar-refractivity contribution in [1.82, 2.24) is 5.32 Å². The van der Waals surface area contributed by atoms with Crippen LogP contribution in [0.1, 0.15) is 40.0 Å². The Morgan fingerprint density at radius 3 is 2.24 bits per heavy atom. The SMILES string of the molecule is CC(=O)CC(O)CC(=O)NC(CO)CC(C)C. The summed E-state index contributed by atoms with van der Waals surface area (Å²) < 4.78 is 0. The van der Waals surface area contributed by atoms with Gasteiger partial charge in [0.1, 0.15) is 5.78 Å². The van der Waals surface area contributed by atoms with E-state index in [-0.39, 0.29) is 37.2 Å². The van der Waals surface area contributed by atoms with Gasteiger partial charge in [0.15, 0.2) is 0 Å². The number of aliphatic hydroxyl groups is 2. The van der Waals surface area contributed by atoms with Gasteiger partial charge in [-0.2, -0.15) is 0 Å². The van der Waals surface area contributed by atoms with Crippen LogP contribution >= 0.6 is 0 Å². The number of hydrogen-bond acceptors (Lipinski definition) is 4. The third kappa shape index (κ3) is 8.83. The second kappa shape index (κ2) is 8.20. The zero-order valence-electron chi connectivity index (χ0n) is 10.8. The Labute approximate surface area is 102 Å². The first kappa shape index (κ1) is 16.1. The Bertz CT molecular complexity index is 253. The quantitative estimate of drug-likeness (QED) is 0.571. The van der Waals surface area contributed by atoms with Crippen molar-refractivity contribution in [3.8, 4) is 0 Å². The zero-order valence-corrected chi connectivity index (χ0v) is 10.8. The van der Waals surface area contributed by atoms with E-state index in [4.69, 9.17) is 5.11 Å². The van der Waals surface area contributed by atoms with Crippen LogP contribution in [0.4, 0.5) is 0 Å². The van der Waals surface area contributed by atoms with Crippen LogP contribution in [-0.2, 0) is 9.59 Å². The standard InChI is InChI=1S/C12H23NO4/c1-8(2)4-10(7-14)13-12(17)6-11(16)5-9(3)15/h8,10-11,14,16H,4-7H2,1-3H3,(H,13,17). The summed E-state index contributed by atoms with van der Waals surface area (Å²) in [5.41, 5.74) is 0. The summed E-state index contributed by atoms with van der Waals surface area (Å²) in [6.07, 6.45) is -0.369. The number of amides is 1. The largest absolute Gasteiger partial charge is 0.394 e. The van der Waals surface area contributed by atoms with Gasteiger partial charge in [-0.1, -0.05) is 13.8 Å². The van der Waals surface area contributed by atoms with Gasteiger partial charge in [-0.05, 0) is 19.3 Å². The molecule has 0 saturated carbocycles. The average Bonchev–Trinajstić information content (AvgIpc) is 2.13. The van der Waals surface area contributed by atoms with Crippen molar-refractivity contribution in [2.75, 3.05) is 6.61 Å². The smallest absolute Gasteiger partial charge is 0.222 e. The Morgan fingerprint density at radius 1 is 1.24 bits per heavy atom. The fourth-order valence-electron chi connectivity index (χ4n) is 1.65. The number of nitrogens with one attached hydrogen (secondary N) is 1. The summed E-state index contributed by atoms with van der Waals surface area (Å²) in [7, 11) is 0. The molecular weight excluding hydrogens is 222 g/mol. The van der Waals surface area contributed by atoms with Crippen LogP contribution in [0.3, 0.4) is 0 Å². The molecule has 0 aliphatic rings. The monoisotopic (exact) mass is 245 g/mol. The first-order valence-electron chi connectivity index (χ1n) is 5.92. The molecule has 1 amide bonds. The molecule has 0 aromatic heterocycles. The lowest BCUT2D eigenvalue weighted by atomic mass is 10.0. The van der Waals surface area contributed by atoms with E-state index < -0.39 is 6.10 Å². The van der Waals surface area contributed by atoms with Gasteiger partial charge in [0.2, 0.25) is 5.91 Å².